The van der Waals surface area contributed by atoms with Gasteiger partial charge in [0, 0.05) is 18.8 Å². The highest BCUT2D eigenvalue weighted by Crippen LogP contribution is 2.47. The summed E-state index contributed by atoms with van der Waals surface area (Å²) in [6.45, 7) is 2.78. The number of anilines is 1. The van der Waals surface area contributed by atoms with Crippen LogP contribution in [0.15, 0.2) is 52.5 Å². The Kier molecular flexibility index (Phi) is 8.19. The first-order chi connectivity index (χ1) is 16.2. The zero-order valence-corrected chi connectivity index (χ0v) is 21.3. The van der Waals surface area contributed by atoms with Crippen molar-refractivity contribution in [2.75, 3.05) is 44.3 Å². The average Bonchev–Trinajstić information content (AvgIpc) is 3.31. The lowest BCUT2D eigenvalue weighted by Gasteiger charge is -2.29. The molecule has 0 saturated carbocycles. The van der Waals surface area contributed by atoms with E-state index in [1.165, 1.54) is 15.4 Å². The van der Waals surface area contributed by atoms with Crippen molar-refractivity contribution in [1.29, 1.82) is 0 Å². The Hall–Kier alpha value is -3.07. The maximum Gasteiger partial charge on any atom is 0.318 e. The van der Waals surface area contributed by atoms with Gasteiger partial charge >= 0.3 is 6.03 Å². The van der Waals surface area contributed by atoms with Crippen molar-refractivity contribution in [2.45, 2.75) is 36.7 Å². The van der Waals surface area contributed by atoms with Gasteiger partial charge in [0.25, 0.3) is 5.91 Å². The first-order valence-corrected chi connectivity index (χ1v) is 14.2. The van der Waals surface area contributed by atoms with E-state index in [2.05, 4.69) is 47.6 Å². The number of amides is 3. The maximum absolute atomic E-state index is 13.4. The number of likely N-dealkylation sites (tertiary alicyclic amines) is 1. The zero-order chi connectivity index (χ0) is 24.9. The topological polar surface area (TPSA) is 100 Å². The van der Waals surface area contributed by atoms with Gasteiger partial charge in [0.1, 0.15) is 17.8 Å². The molecule has 184 valence electrons. The molecule has 3 amide bonds. The number of urea groups is 1. The van der Waals surface area contributed by atoms with Gasteiger partial charge in [-0.25, -0.2) is 14.8 Å². The maximum atomic E-state index is 13.4. The van der Waals surface area contributed by atoms with E-state index in [9.17, 15) is 14.5 Å². The van der Waals surface area contributed by atoms with Gasteiger partial charge in [-0.2, -0.15) is 4.91 Å². The number of nitrogens with one attached hydrogen (secondary N) is 2. The van der Waals surface area contributed by atoms with Gasteiger partial charge in [-0.1, -0.05) is 24.2 Å². The monoisotopic (exact) mass is 486 g/mol. The molecule has 0 bridgehead atoms. The Labute approximate surface area is 202 Å². The molecule has 1 saturated heterocycles. The molecule has 0 radical (unpaired) electrons. The number of benzene rings is 2. The predicted octanol–water partition coefficient (Wildman–Crippen LogP) is 4.54. The third-order valence-electron chi connectivity index (χ3n) is 5.95. The number of nitrogens with zero attached hydrogens (tertiary/aromatic N) is 2. The summed E-state index contributed by atoms with van der Waals surface area (Å²) < 4.78 is 5.22. The summed E-state index contributed by atoms with van der Waals surface area (Å²) in [5.41, 5.74) is 2.52. The van der Waals surface area contributed by atoms with E-state index in [4.69, 9.17) is 4.74 Å². The molecule has 0 aliphatic carbocycles. The number of aryl methyl sites for hydroxylation is 1. The third kappa shape index (κ3) is 6.08. The third-order valence-corrected chi connectivity index (χ3v) is 7.67. The van der Waals surface area contributed by atoms with Crippen molar-refractivity contribution < 1.29 is 14.3 Å². The lowest BCUT2D eigenvalue weighted by atomic mass is 10.1. The molecule has 0 unspecified atom stereocenters. The molecule has 8 nitrogen and oxygen atoms in total. The summed E-state index contributed by atoms with van der Waals surface area (Å²) in [5.74, 6) is 0.308. The van der Waals surface area contributed by atoms with Crippen LogP contribution in [-0.4, -0.2) is 61.8 Å². The second kappa shape index (κ2) is 10.9. The standard InChI is InChI=1S/C25H34N4O4S/c1-6-17-15-19(9-12-22(17)34(3,4)5)26-24(30)23(18-7-10-21(33-2)11-8-18)27-25(31)29-14-13-20(16-29)28-32/h7-12,15,20,23H,6,13-14,16H2,1-5H3,(H,26,30)(H,27,31)/t20-,23-/m1/s1. The number of methoxy groups -OCH3 is 1. The number of carbonyl (C=O) groups is 2. The lowest BCUT2D eigenvalue weighted by molar-refractivity contribution is -0.118. The summed E-state index contributed by atoms with van der Waals surface area (Å²) in [7, 11) is 0.664. The summed E-state index contributed by atoms with van der Waals surface area (Å²) in [6.07, 6.45) is 8.13. The van der Waals surface area contributed by atoms with E-state index in [0.29, 0.717) is 30.0 Å². The van der Waals surface area contributed by atoms with E-state index in [1.54, 1.807) is 31.4 Å². The Balaban J connectivity index is 1.84. The van der Waals surface area contributed by atoms with Crippen LogP contribution in [0.25, 0.3) is 0 Å². The second-order valence-corrected chi connectivity index (χ2v) is 13.3. The molecule has 1 fully saturated rings. The van der Waals surface area contributed by atoms with Crippen molar-refractivity contribution in [3.63, 3.8) is 0 Å². The fourth-order valence-electron chi connectivity index (χ4n) is 4.07. The highest BCUT2D eigenvalue weighted by molar-refractivity contribution is 8.32. The molecule has 2 N–H and O–H groups in total. The van der Waals surface area contributed by atoms with E-state index in [-0.39, 0.29) is 12.5 Å². The minimum atomic E-state index is -0.917. The largest absolute Gasteiger partial charge is 0.497 e. The number of nitroso groups, excluding NO2 is 1. The van der Waals surface area contributed by atoms with Crippen molar-refractivity contribution >= 4 is 27.7 Å². The molecule has 3 rings (SSSR count). The number of carbonyl (C=O) groups excluding carboxylic acids is 2. The van der Waals surface area contributed by atoms with Gasteiger partial charge < -0.3 is 20.3 Å². The van der Waals surface area contributed by atoms with Crippen molar-refractivity contribution in [3.05, 3.63) is 58.5 Å². The van der Waals surface area contributed by atoms with Crippen LogP contribution in [0.2, 0.25) is 0 Å². The Morgan fingerprint density at radius 2 is 1.88 bits per heavy atom. The number of hydrogen-bond acceptors (Lipinski definition) is 5. The van der Waals surface area contributed by atoms with Crippen LogP contribution in [0.5, 0.6) is 5.75 Å². The van der Waals surface area contributed by atoms with Crippen molar-refractivity contribution in [3.8, 4) is 5.75 Å². The zero-order valence-electron chi connectivity index (χ0n) is 20.5. The summed E-state index contributed by atoms with van der Waals surface area (Å²) in [4.78, 5) is 40.0. The summed E-state index contributed by atoms with van der Waals surface area (Å²) >= 11 is 0. The molecule has 2 atom stereocenters. The highest BCUT2D eigenvalue weighted by Gasteiger charge is 2.30. The molecule has 0 spiro atoms. The second-order valence-electron chi connectivity index (χ2n) is 9.15. The molecule has 34 heavy (non-hydrogen) atoms. The molecule has 1 heterocycles. The van der Waals surface area contributed by atoms with E-state index in [0.717, 1.165) is 6.42 Å². The normalized spacial score (nSPS) is 17.1. The molecule has 2 aromatic carbocycles. The number of rotatable bonds is 8. The first-order valence-electron chi connectivity index (χ1n) is 11.3. The molecular weight excluding hydrogens is 452 g/mol. The SMILES string of the molecule is CCc1cc(NC(=O)[C@H](NC(=O)N2CC[C@@H](N=O)C2)c2ccc(OC)cc2)ccc1S(C)(C)C. The average molecular weight is 487 g/mol. The van der Waals surface area contributed by atoms with E-state index in [1.807, 2.05) is 12.1 Å². The number of hydrogen-bond donors (Lipinski definition) is 2. The van der Waals surface area contributed by atoms with E-state index < -0.39 is 28.1 Å². The highest BCUT2D eigenvalue weighted by atomic mass is 32.3. The van der Waals surface area contributed by atoms with Crippen molar-refractivity contribution in [2.24, 2.45) is 5.18 Å². The summed E-state index contributed by atoms with van der Waals surface area (Å²) in [6, 6.07) is 11.3. The van der Waals surface area contributed by atoms with E-state index >= 15 is 0 Å². The smallest absolute Gasteiger partial charge is 0.318 e. The van der Waals surface area contributed by atoms with Crippen LogP contribution in [0.1, 0.15) is 30.5 Å². The van der Waals surface area contributed by atoms with Crippen molar-refractivity contribution in [1.82, 2.24) is 10.2 Å². The molecule has 0 aromatic heterocycles. The van der Waals surface area contributed by atoms with Crippen LogP contribution >= 0.6 is 10.0 Å². The van der Waals surface area contributed by atoms with Crippen LogP contribution in [0.4, 0.5) is 10.5 Å². The first kappa shape index (κ1) is 25.6. The van der Waals surface area contributed by atoms with Crippen LogP contribution in [-0.2, 0) is 11.2 Å². The van der Waals surface area contributed by atoms with Crippen LogP contribution in [0.3, 0.4) is 0 Å². The number of ether oxygens (including phenoxy) is 1. The quantitative estimate of drug-likeness (QED) is 0.535. The summed E-state index contributed by atoms with van der Waals surface area (Å²) in [5, 5.41) is 8.86. The van der Waals surface area contributed by atoms with Gasteiger partial charge in [0.05, 0.1) is 7.11 Å². The van der Waals surface area contributed by atoms with Gasteiger partial charge in [0.15, 0.2) is 0 Å². The fourth-order valence-corrected chi connectivity index (χ4v) is 5.54. The molecule has 1 aliphatic rings. The molecular formula is C25H34N4O4S. The Morgan fingerprint density at radius 3 is 2.44 bits per heavy atom. The fraction of sp³-hybridized carbons (Fsp3) is 0.440. The predicted molar refractivity (Wildman–Crippen MR) is 138 cm³/mol. The van der Waals surface area contributed by atoms with Gasteiger partial charge in [-0.15, -0.1) is 0 Å². The molecule has 1 aliphatic heterocycles. The minimum Gasteiger partial charge on any atom is -0.497 e. The van der Waals surface area contributed by atoms with Gasteiger partial charge in [-0.05, 0) is 78.0 Å². The van der Waals surface area contributed by atoms with Crippen LogP contribution < -0.4 is 15.4 Å². The lowest BCUT2D eigenvalue weighted by Crippen LogP contribution is -2.44. The Morgan fingerprint density at radius 1 is 1.18 bits per heavy atom. The minimum absolute atomic E-state index is 0.253. The molecule has 2 aromatic rings. The Bertz CT molecular complexity index is 1040. The van der Waals surface area contributed by atoms with Gasteiger partial charge in [0.2, 0.25) is 0 Å². The van der Waals surface area contributed by atoms with Crippen LogP contribution in [0, 0.1) is 4.91 Å². The van der Waals surface area contributed by atoms with Gasteiger partial charge in [-0.3, -0.25) is 4.79 Å². The molecule has 9 heteroatoms.